The van der Waals surface area contributed by atoms with Gasteiger partial charge in [-0.1, -0.05) is 6.07 Å². The number of fused-ring (bicyclic) bond motifs is 1. The van der Waals surface area contributed by atoms with Crippen LogP contribution < -0.4 is 0 Å². The van der Waals surface area contributed by atoms with Crippen LogP contribution in [0.1, 0.15) is 10.4 Å². The summed E-state index contributed by atoms with van der Waals surface area (Å²) in [5.41, 5.74) is 2.69. The van der Waals surface area contributed by atoms with E-state index in [0.717, 1.165) is 11.1 Å². The van der Waals surface area contributed by atoms with Crippen molar-refractivity contribution in [2.75, 3.05) is 0 Å². The lowest BCUT2D eigenvalue weighted by molar-refractivity contribution is 0.0699. The van der Waals surface area contributed by atoms with E-state index in [1.54, 1.807) is 27.7 Å². The molecule has 0 aromatic carbocycles. The maximum Gasteiger partial charge on any atom is 0.339 e. The Morgan fingerprint density at radius 3 is 2.67 bits per heavy atom. The summed E-state index contributed by atoms with van der Waals surface area (Å²) in [6.45, 7) is 0. The summed E-state index contributed by atoms with van der Waals surface area (Å²) in [6, 6.07) is 3.61. The van der Waals surface area contributed by atoms with Gasteiger partial charge in [-0.05, 0) is 6.07 Å². The van der Waals surface area contributed by atoms with E-state index in [4.69, 9.17) is 5.11 Å². The summed E-state index contributed by atoms with van der Waals surface area (Å²) >= 11 is 0. The highest BCUT2D eigenvalue weighted by molar-refractivity contribution is 5.95. The molecule has 0 radical (unpaired) electrons. The molecule has 3 aromatic heterocycles. The number of aromatic nitrogens is 4. The third kappa shape index (κ3) is 1.55. The van der Waals surface area contributed by atoms with Crippen molar-refractivity contribution in [3.05, 3.63) is 42.5 Å². The van der Waals surface area contributed by atoms with Crippen molar-refractivity contribution in [1.82, 2.24) is 19.4 Å². The van der Waals surface area contributed by atoms with E-state index in [9.17, 15) is 4.79 Å². The monoisotopic (exact) mass is 242 g/mol. The van der Waals surface area contributed by atoms with E-state index >= 15 is 0 Å². The molecule has 18 heavy (non-hydrogen) atoms. The van der Waals surface area contributed by atoms with E-state index in [0.29, 0.717) is 5.52 Å². The van der Waals surface area contributed by atoms with Crippen molar-refractivity contribution in [1.29, 1.82) is 0 Å². The van der Waals surface area contributed by atoms with Crippen molar-refractivity contribution >= 4 is 11.5 Å². The first-order chi connectivity index (χ1) is 8.65. The molecule has 0 saturated heterocycles. The number of carboxylic acids is 1. The van der Waals surface area contributed by atoms with Gasteiger partial charge in [0.15, 0.2) is 0 Å². The lowest BCUT2D eigenvalue weighted by Gasteiger charge is -1.99. The molecule has 1 N–H and O–H groups in total. The minimum absolute atomic E-state index is 0.202. The Hall–Kier alpha value is -2.63. The molecule has 6 nitrogen and oxygen atoms in total. The van der Waals surface area contributed by atoms with Gasteiger partial charge >= 0.3 is 5.97 Å². The number of hydrogen-bond acceptors (Lipinski definition) is 3. The highest BCUT2D eigenvalue weighted by atomic mass is 16.4. The molecule has 90 valence electrons. The molecule has 0 atom stereocenters. The summed E-state index contributed by atoms with van der Waals surface area (Å²) in [6.07, 6.45) is 6.79. The molecule has 0 aliphatic heterocycles. The van der Waals surface area contributed by atoms with Gasteiger partial charge in [-0.25, -0.2) is 9.31 Å². The second kappa shape index (κ2) is 3.69. The molecule has 3 heterocycles. The lowest BCUT2D eigenvalue weighted by atomic mass is 10.1. The Morgan fingerprint density at radius 1 is 1.17 bits per heavy atom. The molecule has 3 aromatic rings. The molecular formula is C12H10N4O2. The maximum absolute atomic E-state index is 11.0. The molecule has 0 saturated carbocycles. The van der Waals surface area contributed by atoms with E-state index in [1.165, 1.54) is 6.20 Å². The van der Waals surface area contributed by atoms with Crippen LogP contribution in [0.15, 0.2) is 36.9 Å². The molecule has 0 amide bonds. The first-order valence-electron chi connectivity index (χ1n) is 5.35. The van der Waals surface area contributed by atoms with Crippen LogP contribution in [-0.2, 0) is 7.05 Å². The van der Waals surface area contributed by atoms with Gasteiger partial charge in [0.1, 0.15) is 5.56 Å². The van der Waals surface area contributed by atoms with E-state index in [2.05, 4.69) is 10.2 Å². The Labute approximate surface area is 102 Å². The highest BCUT2D eigenvalue weighted by Gasteiger charge is 2.11. The van der Waals surface area contributed by atoms with Crippen molar-refractivity contribution in [2.45, 2.75) is 0 Å². The standard InChI is InChI=1S/C12H10N4O2/c1-15-6-9(4-13-15)8-2-3-11-10(12(17)18)5-14-16(11)7-8/h2-7H,1H3,(H,17,18). The number of pyridine rings is 1. The minimum atomic E-state index is -0.973. The molecule has 6 heteroatoms. The summed E-state index contributed by atoms with van der Waals surface area (Å²) in [5.74, 6) is -0.973. The van der Waals surface area contributed by atoms with Gasteiger partial charge in [-0.15, -0.1) is 0 Å². The zero-order valence-electron chi connectivity index (χ0n) is 9.61. The smallest absolute Gasteiger partial charge is 0.339 e. The molecule has 3 rings (SSSR count). The third-order valence-electron chi connectivity index (χ3n) is 2.78. The van der Waals surface area contributed by atoms with Gasteiger partial charge in [0, 0.05) is 30.6 Å². The van der Waals surface area contributed by atoms with Crippen LogP contribution >= 0.6 is 0 Å². The highest BCUT2D eigenvalue weighted by Crippen LogP contribution is 2.20. The van der Waals surface area contributed by atoms with Crippen molar-refractivity contribution in [3.8, 4) is 11.1 Å². The molecule has 0 fully saturated rings. The van der Waals surface area contributed by atoms with E-state index in [-0.39, 0.29) is 5.56 Å². The molecule has 0 aliphatic rings. The maximum atomic E-state index is 11.0. The molecule has 0 bridgehead atoms. The molecular weight excluding hydrogens is 232 g/mol. The summed E-state index contributed by atoms with van der Waals surface area (Å²) < 4.78 is 3.27. The van der Waals surface area contributed by atoms with Gasteiger partial charge in [-0.3, -0.25) is 4.68 Å². The molecule has 0 unspecified atom stereocenters. The quantitative estimate of drug-likeness (QED) is 0.737. The van der Waals surface area contributed by atoms with Gasteiger partial charge < -0.3 is 5.11 Å². The van der Waals surface area contributed by atoms with Crippen molar-refractivity contribution < 1.29 is 9.90 Å². The van der Waals surface area contributed by atoms with Gasteiger partial charge in [0.05, 0.1) is 17.9 Å². The predicted octanol–water partition coefficient (Wildman–Crippen LogP) is 1.43. The fourth-order valence-electron chi connectivity index (χ4n) is 1.89. The Balaban J connectivity index is 2.15. The van der Waals surface area contributed by atoms with Crippen LogP contribution in [-0.4, -0.2) is 30.5 Å². The zero-order chi connectivity index (χ0) is 12.7. The molecule has 0 aliphatic carbocycles. The predicted molar refractivity (Wildman–Crippen MR) is 64.4 cm³/mol. The second-order valence-electron chi connectivity index (χ2n) is 4.01. The Kier molecular flexibility index (Phi) is 2.16. The van der Waals surface area contributed by atoms with Crippen LogP contribution in [0.2, 0.25) is 0 Å². The van der Waals surface area contributed by atoms with Gasteiger partial charge in [-0.2, -0.15) is 10.2 Å². The van der Waals surface area contributed by atoms with Crippen molar-refractivity contribution in [2.24, 2.45) is 7.05 Å². The number of carbonyl (C=O) groups is 1. The Bertz CT molecular complexity index is 741. The topological polar surface area (TPSA) is 72.4 Å². The third-order valence-corrected chi connectivity index (χ3v) is 2.78. The fraction of sp³-hybridized carbons (Fsp3) is 0.0833. The van der Waals surface area contributed by atoms with Crippen molar-refractivity contribution in [3.63, 3.8) is 0 Å². The second-order valence-corrected chi connectivity index (χ2v) is 4.01. The van der Waals surface area contributed by atoms with Crippen LogP contribution in [0.5, 0.6) is 0 Å². The Morgan fingerprint density at radius 2 is 2.00 bits per heavy atom. The number of aryl methyl sites for hydroxylation is 1. The average molecular weight is 242 g/mol. The largest absolute Gasteiger partial charge is 0.478 e. The summed E-state index contributed by atoms with van der Waals surface area (Å²) in [5, 5.41) is 17.1. The van der Waals surface area contributed by atoms with Crippen LogP contribution in [0.3, 0.4) is 0 Å². The number of carboxylic acid groups (broad SMARTS) is 1. The summed E-state index contributed by atoms with van der Waals surface area (Å²) in [4.78, 5) is 11.0. The van der Waals surface area contributed by atoms with Crippen LogP contribution in [0.25, 0.3) is 16.6 Å². The number of aromatic carboxylic acids is 1. The minimum Gasteiger partial charge on any atom is -0.478 e. The van der Waals surface area contributed by atoms with Crippen LogP contribution in [0, 0.1) is 0 Å². The lowest BCUT2D eigenvalue weighted by Crippen LogP contribution is -1.95. The van der Waals surface area contributed by atoms with Crippen LogP contribution in [0.4, 0.5) is 0 Å². The SMILES string of the molecule is Cn1cc(-c2ccc3c(C(=O)O)cnn3c2)cn1. The first-order valence-corrected chi connectivity index (χ1v) is 5.35. The zero-order valence-corrected chi connectivity index (χ0v) is 9.61. The number of rotatable bonds is 2. The number of nitrogens with zero attached hydrogens (tertiary/aromatic N) is 4. The van der Waals surface area contributed by atoms with Gasteiger partial charge in [0.2, 0.25) is 0 Å². The van der Waals surface area contributed by atoms with E-state index in [1.807, 2.05) is 19.3 Å². The van der Waals surface area contributed by atoms with Gasteiger partial charge in [0.25, 0.3) is 0 Å². The van der Waals surface area contributed by atoms with E-state index < -0.39 is 5.97 Å². The summed E-state index contributed by atoms with van der Waals surface area (Å²) in [7, 11) is 1.85. The molecule has 0 spiro atoms. The fourth-order valence-corrected chi connectivity index (χ4v) is 1.89. The average Bonchev–Trinajstić information content (AvgIpc) is 2.93. The first kappa shape index (κ1) is 10.5. The number of hydrogen-bond donors (Lipinski definition) is 1. The normalized spacial score (nSPS) is 10.9.